The summed E-state index contributed by atoms with van der Waals surface area (Å²) in [5, 5.41) is -1.21. The Labute approximate surface area is 187 Å². The summed E-state index contributed by atoms with van der Waals surface area (Å²) in [7, 11) is -7.84. The van der Waals surface area contributed by atoms with Gasteiger partial charge in [0.15, 0.2) is 9.84 Å². The van der Waals surface area contributed by atoms with Crippen LogP contribution in [0.15, 0.2) is 118 Å². The van der Waals surface area contributed by atoms with Crippen molar-refractivity contribution in [2.75, 3.05) is 6.54 Å². The van der Waals surface area contributed by atoms with Crippen LogP contribution in [0, 0.1) is 0 Å². The largest absolute Gasteiger partial charge is 0.468 e. The van der Waals surface area contributed by atoms with Crippen LogP contribution in [-0.2, 0) is 19.9 Å². The zero-order chi connectivity index (χ0) is 22.6. The predicted octanol–water partition coefficient (Wildman–Crippen LogP) is 4.44. The molecule has 4 rings (SSSR count). The molecule has 0 bridgehead atoms. The second-order valence-corrected chi connectivity index (χ2v) is 11.0. The van der Waals surface area contributed by atoms with Crippen molar-refractivity contribution >= 4 is 19.9 Å². The predicted molar refractivity (Wildman–Crippen MR) is 122 cm³/mol. The van der Waals surface area contributed by atoms with Crippen LogP contribution in [0.1, 0.15) is 11.0 Å². The highest BCUT2D eigenvalue weighted by atomic mass is 32.2. The van der Waals surface area contributed by atoms with Crippen LogP contribution in [0.25, 0.3) is 11.1 Å². The Balaban J connectivity index is 1.58. The molecule has 0 fully saturated rings. The van der Waals surface area contributed by atoms with Gasteiger partial charge in [0.25, 0.3) is 0 Å². The van der Waals surface area contributed by atoms with Gasteiger partial charge in [-0.1, -0.05) is 60.7 Å². The molecule has 8 heteroatoms. The van der Waals surface area contributed by atoms with Gasteiger partial charge >= 0.3 is 0 Å². The Kier molecular flexibility index (Phi) is 6.27. The molecule has 0 aliphatic heterocycles. The van der Waals surface area contributed by atoms with Crippen molar-refractivity contribution < 1.29 is 21.3 Å². The van der Waals surface area contributed by atoms with E-state index in [0.29, 0.717) is 0 Å². The molecule has 0 saturated carbocycles. The first-order valence-corrected chi connectivity index (χ1v) is 12.9. The van der Waals surface area contributed by atoms with Crippen molar-refractivity contribution in [2.24, 2.45) is 0 Å². The molecular formula is C24H21NO5S2. The summed E-state index contributed by atoms with van der Waals surface area (Å²) < 4.78 is 59.9. The third kappa shape index (κ3) is 4.67. The van der Waals surface area contributed by atoms with Crippen LogP contribution >= 0.6 is 0 Å². The number of rotatable bonds is 8. The zero-order valence-electron chi connectivity index (χ0n) is 17.0. The minimum absolute atomic E-state index is 0.0486. The zero-order valence-corrected chi connectivity index (χ0v) is 18.6. The molecular weight excluding hydrogens is 446 g/mol. The van der Waals surface area contributed by atoms with Crippen LogP contribution in [-0.4, -0.2) is 23.4 Å². The van der Waals surface area contributed by atoms with Gasteiger partial charge in [-0.3, -0.25) is 0 Å². The Hall–Kier alpha value is -3.20. The fourth-order valence-electron chi connectivity index (χ4n) is 3.34. The van der Waals surface area contributed by atoms with E-state index in [1.54, 1.807) is 36.4 Å². The molecule has 0 aliphatic carbocycles. The first-order valence-electron chi connectivity index (χ1n) is 9.85. The normalized spacial score (nSPS) is 13.0. The molecule has 1 heterocycles. The Morgan fingerprint density at radius 2 is 1.25 bits per heavy atom. The molecule has 164 valence electrons. The van der Waals surface area contributed by atoms with Gasteiger partial charge in [-0.2, -0.15) is 0 Å². The number of furan rings is 1. The minimum Gasteiger partial charge on any atom is -0.468 e. The van der Waals surface area contributed by atoms with Gasteiger partial charge in [-0.25, -0.2) is 21.6 Å². The molecule has 1 atom stereocenters. The topological polar surface area (TPSA) is 93.4 Å². The van der Waals surface area contributed by atoms with Gasteiger partial charge in [-0.05, 0) is 47.5 Å². The lowest BCUT2D eigenvalue weighted by molar-refractivity contribution is 0.486. The van der Waals surface area contributed by atoms with Crippen LogP contribution < -0.4 is 4.72 Å². The van der Waals surface area contributed by atoms with E-state index in [1.165, 1.54) is 36.6 Å². The third-order valence-electron chi connectivity index (χ3n) is 5.04. The molecule has 1 aromatic heterocycles. The van der Waals surface area contributed by atoms with Crippen LogP contribution in [0.4, 0.5) is 0 Å². The molecule has 32 heavy (non-hydrogen) atoms. The highest BCUT2D eigenvalue weighted by molar-refractivity contribution is 7.92. The monoisotopic (exact) mass is 467 g/mol. The summed E-state index contributed by atoms with van der Waals surface area (Å²) >= 11 is 0. The van der Waals surface area contributed by atoms with E-state index < -0.39 is 25.1 Å². The molecule has 0 saturated heterocycles. The number of hydrogen-bond donors (Lipinski definition) is 1. The third-order valence-corrected chi connectivity index (χ3v) is 8.55. The van der Waals surface area contributed by atoms with E-state index in [4.69, 9.17) is 4.42 Å². The summed E-state index contributed by atoms with van der Waals surface area (Å²) in [6, 6.07) is 27.0. The Morgan fingerprint density at radius 1 is 0.656 bits per heavy atom. The van der Waals surface area contributed by atoms with Crippen molar-refractivity contribution in [3.8, 4) is 11.1 Å². The van der Waals surface area contributed by atoms with Crippen LogP contribution in [0.5, 0.6) is 0 Å². The second kappa shape index (κ2) is 9.12. The lowest BCUT2D eigenvalue weighted by atomic mass is 10.1. The molecule has 0 unspecified atom stereocenters. The van der Waals surface area contributed by atoms with E-state index in [1.807, 2.05) is 30.3 Å². The summed E-state index contributed by atoms with van der Waals surface area (Å²) in [4.78, 5) is 0.139. The lowest BCUT2D eigenvalue weighted by Crippen LogP contribution is -2.31. The lowest BCUT2D eigenvalue weighted by Gasteiger charge is -2.17. The van der Waals surface area contributed by atoms with E-state index in [0.717, 1.165) is 11.1 Å². The van der Waals surface area contributed by atoms with Gasteiger partial charge in [0.1, 0.15) is 11.0 Å². The van der Waals surface area contributed by atoms with Gasteiger partial charge in [-0.15, -0.1) is 0 Å². The fourth-order valence-corrected chi connectivity index (χ4v) is 6.10. The first kappa shape index (κ1) is 22.0. The SMILES string of the molecule is O=S(=O)(NC[C@@H](c1ccco1)S(=O)(=O)c1ccccc1)c1ccc(-c2ccccc2)cc1. The molecule has 4 aromatic rings. The van der Waals surface area contributed by atoms with Crippen LogP contribution in [0.2, 0.25) is 0 Å². The molecule has 0 spiro atoms. The summed E-state index contributed by atoms with van der Waals surface area (Å²) in [5.74, 6) is 0.163. The number of hydrogen-bond acceptors (Lipinski definition) is 5. The number of nitrogens with one attached hydrogen (secondary N) is 1. The van der Waals surface area contributed by atoms with E-state index in [2.05, 4.69) is 4.72 Å². The van der Waals surface area contributed by atoms with Crippen LogP contribution in [0.3, 0.4) is 0 Å². The summed E-state index contributed by atoms with van der Waals surface area (Å²) in [6.45, 7) is -0.368. The molecule has 0 amide bonds. The molecule has 0 radical (unpaired) electrons. The average molecular weight is 468 g/mol. The smallest absolute Gasteiger partial charge is 0.240 e. The Bertz CT molecular complexity index is 1370. The minimum atomic E-state index is -3.94. The van der Waals surface area contributed by atoms with Crippen molar-refractivity contribution in [3.05, 3.63) is 109 Å². The van der Waals surface area contributed by atoms with Crippen molar-refractivity contribution in [1.82, 2.24) is 4.72 Å². The highest BCUT2D eigenvalue weighted by Gasteiger charge is 2.32. The number of sulfone groups is 1. The molecule has 6 nitrogen and oxygen atoms in total. The van der Waals surface area contributed by atoms with E-state index in [-0.39, 0.29) is 22.1 Å². The van der Waals surface area contributed by atoms with Gasteiger partial charge in [0.2, 0.25) is 10.0 Å². The first-order chi connectivity index (χ1) is 15.4. The molecule has 1 N–H and O–H groups in total. The average Bonchev–Trinajstić information content (AvgIpc) is 3.35. The van der Waals surface area contributed by atoms with Crippen molar-refractivity contribution in [3.63, 3.8) is 0 Å². The second-order valence-electron chi connectivity index (χ2n) is 7.10. The van der Waals surface area contributed by atoms with Gasteiger partial charge in [0, 0.05) is 6.54 Å². The molecule has 3 aromatic carbocycles. The number of sulfonamides is 1. The number of benzene rings is 3. The quantitative estimate of drug-likeness (QED) is 0.413. The maximum atomic E-state index is 13.2. The summed E-state index contributed by atoms with van der Waals surface area (Å²) in [5.41, 5.74) is 1.85. The summed E-state index contributed by atoms with van der Waals surface area (Å²) in [6.07, 6.45) is 1.36. The van der Waals surface area contributed by atoms with Crippen molar-refractivity contribution in [2.45, 2.75) is 15.0 Å². The van der Waals surface area contributed by atoms with E-state index in [9.17, 15) is 16.8 Å². The maximum absolute atomic E-state index is 13.2. The standard InChI is InChI=1S/C24H21NO5S2/c26-31(27,21-10-5-2-6-11-21)24(23-12-7-17-30-23)18-25-32(28,29)22-15-13-20(14-16-22)19-8-3-1-4-9-19/h1-17,24-25H,18H2/t24-/m0/s1. The highest BCUT2D eigenvalue weighted by Crippen LogP contribution is 2.29. The van der Waals surface area contributed by atoms with E-state index >= 15 is 0 Å². The fraction of sp³-hybridized carbons (Fsp3) is 0.0833. The van der Waals surface area contributed by atoms with Crippen molar-refractivity contribution in [1.29, 1.82) is 0 Å². The molecule has 0 aliphatic rings. The van der Waals surface area contributed by atoms with Gasteiger partial charge < -0.3 is 4.42 Å². The Morgan fingerprint density at radius 3 is 1.84 bits per heavy atom. The van der Waals surface area contributed by atoms with Gasteiger partial charge in [0.05, 0.1) is 16.1 Å². The maximum Gasteiger partial charge on any atom is 0.240 e.